The van der Waals surface area contributed by atoms with Gasteiger partial charge in [0.1, 0.15) is 5.75 Å². The number of likely N-dealkylation sites (N-methyl/N-ethyl adjacent to an activating group) is 1. The molecule has 0 saturated carbocycles. The molecular weight excluding hydrogens is 202 g/mol. The number of benzene rings is 1. The van der Waals surface area contributed by atoms with Gasteiger partial charge in [-0.2, -0.15) is 0 Å². The first-order valence-corrected chi connectivity index (χ1v) is 5.43. The monoisotopic (exact) mass is 221 g/mol. The number of nitrogens with zero attached hydrogens (tertiary/aromatic N) is 1. The number of carbonyl (C=O) groups is 1. The summed E-state index contributed by atoms with van der Waals surface area (Å²) in [5.74, 6) is 1.09. The van der Waals surface area contributed by atoms with Gasteiger partial charge in [0.25, 0.3) is 0 Å². The van der Waals surface area contributed by atoms with Gasteiger partial charge in [0, 0.05) is 13.0 Å². The van der Waals surface area contributed by atoms with Crippen LogP contribution < -0.4 is 9.64 Å². The maximum Gasteiger partial charge on any atom is 0.154 e. The highest BCUT2D eigenvalue weighted by molar-refractivity contribution is 5.85. The molecule has 0 unspecified atom stereocenters. The van der Waals surface area contributed by atoms with Crippen LogP contribution in [0.25, 0.3) is 0 Å². The number of carbonyl (C=O) groups excluding carboxylic acids is 1. The van der Waals surface area contributed by atoms with Gasteiger partial charge in [0.15, 0.2) is 5.78 Å². The van der Waals surface area contributed by atoms with E-state index in [-0.39, 0.29) is 11.7 Å². The largest absolute Gasteiger partial charge is 0.495 e. The van der Waals surface area contributed by atoms with Crippen molar-refractivity contribution in [3.8, 4) is 5.75 Å². The van der Waals surface area contributed by atoms with E-state index in [1.807, 2.05) is 50.1 Å². The number of Topliss-reactive ketones (excluding diaryl/α,β-unsaturated/α-hetero) is 1. The normalized spacial score (nSPS) is 10.3. The predicted molar refractivity (Wildman–Crippen MR) is 66.1 cm³/mol. The summed E-state index contributed by atoms with van der Waals surface area (Å²) in [6, 6.07) is 7.70. The summed E-state index contributed by atoms with van der Waals surface area (Å²) in [4.78, 5) is 13.6. The second kappa shape index (κ2) is 5.54. The molecule has 16 heavy (non-hydrogen) atoms. The molecule has 0 amide bonds. The Morgan fingerprint density at radius 2 is 2.00 bits per heavy atom. The van der Waals surface area contributed by atoms with E-state index < -0.39 is 0 Å². The third kappa shape index (κ3) is 2.99. The van der Waals surface area contributed by atoms with Crippen LogP contribution in [-0.2, 0) is 4.79 Å². The fourth-order valence-corrected chi connectivity index (χ4v) is 1.45. The van der Waals surface area contributed by atoms with Gasteiger partial charge in [-0.05, 0) is 12.1 Å². The molecule has 0 bridgehead atoms. The minimum absolute atomic E-state index is 0.0668. The number of hydrogen-bond donors (Lipinski definition) is 0. The van der Waals surface area contributed by atoms with Gasteiger partial charge in [-0.15, -0.1) is 0 Å². The number of anilines is 1. The topological polar surface area (TPSA) is 29.5 Å². The van der Waals surface area contributed by atoms with Gasteiger partial charge in [0.05, 0.1) is 19.3 Å². The van der Waals surface area contributed by atoms with Gasteiger partial charge < -0.3 is 9.64 Å². The molecule has 3 heteroatoms. The lowest BCUT2D eigenvalue weighted by Gasteiger charge is -2.21. The standard InChI is InChI=1S/C13H19NO2/c1-10(2)12(15)9-14(3)11-7-5-6-8-13(11)16-4/h5-8,10H,9H2,1-4H3. The predicted octanol–water partition coefficient (Wildman–Crippen LogP) is 2.36. The Bertz CT molecular complexity index is 361. The third-order valence-corrected chi connectivity index (χ3v) is 2.53. The van der Waals surface area contributed by atoms with Gasteiger partial charge in [-0.1, -0.05) is 26.0 Å². The summed E-state index contributed by atoms with van der Waals surface area (Å²) in [6.07, 6.45) is 0. The summed E-state index contributed by atoms with van der Waals surface area (Å²) in [5, 5.41) is 0. The van der Waals surface area contributed by atoms with Crippen molar-refractivity contribution < 1.29 is 9.53 Å². The van der Waals surface area contributed by atoms with Crippen molar-refractivity contribution in [1.29, 1.82) is 0 Å². The molecule has 0 spiro atoms. The number of ketones is 1. The van der Waals surface area contributed by atoms with E-state index in [1.165, 1.54) is 0 Å². The average molecular weight is 221 g/mol. The van der Waals surface area contributed by atoms with Crippen LogP contribution in [0.2, 0.25) is 0 Å². The highest BCUT2D eigenvalue weighted by Crippen LogP contribution is 2.26. The molecule has 88 valence electrons. The second-order valence-electron chi connectivity index (χ2n) is 4.15. The molecule has 0 saturated heterocycles. The van der Waals surface area contributed by atoms with Crippen molar-refractivity contribution in [2.45, 2.75) is 13.8 Å². The molecular formula is C13H19NO2. The lowest BCUT2D eigenvalue weighted by Crippen LogP contribution is -2.28. The van der Waals surface area contributed by atoms with Crippen LogP contribution in [0.4, 0.5) is 5.69 Å². The Morgan fingerprint density at radius 1 is 1.38 bits per heavy atom. The molecule has 0 aromatic heterocycles. The van der Waals surface area contributed by atoms with Crippen LogP contribution in [0.15, 0.2) is 24.3 Å². The first kappa shape index (κ1) is 12.6. The van der Waals surface area contributed by atoms with E-state index in [4.69, 9.17) is 4.74 Å². The molecule has 0 atom stereocenters. The van der Waals surface area contributed by atoms with E-state index in [1.54, 1.807) is 7.11 Å². The highest BCUT2D eigenvalue weighted by atomic mass is 16.5. The van der Waals surface area contributed by atoms with E-state index in [2.05, 4.69) is 0 Å². The molecule has 0 aliphatic heterocycles. The number of para-hydroxylation sites is 2. The molecule has 1 aromatic carbocycles. The van der Waals surface area contributed by atoms with Gasteiger partial charge in [-0.3, -0.25) is 4.79 Å². The average Bonchev–Trinajstić information content (AvgIpc) is 2.28. The highest BCUT2D eigenvalue weighted by Gasteiger charge is 2.13. The Balaban J connectivity index is 2.80. The van der Waals surface area contributed by atoms with Crippen molar-refractivity contribution in [2.75, 3.05) is 25.6 Å². The zero-order chi connectivity index (χ0) is 12.1. The van der Waals surface area contributed by atoms with Crippen molar-refractivity contribution in [3.05, 3.63) is 24.3 Å². The molecule has 0 heterocycles. The molecule has 0 radical (unpaired) electrons. The van der Waals surface area contributed by atoms with Crippen molar-refractivity contribution in [2.24, 2.45) is 5.92 Å². The molecule has 3 nitrogen and oxygen atoms in total. The van der Waals surface area contributed by atoms with Gasteiger partial charge in [0.2, 0.25) is 0 Å². The summed E-state index contributed by atoms with van der Waals surface area (Å²) in [7, 11) is 3.54. The number of hydrogen-bond acceptors (Lipinski definition) is 3. The Morgan fingerprint density at radius 3 is 2.56 bits per heavy atom. The van der Waals surface area contributed by atoms with Crippen LogP contribution >= 0.6 is 0 Å². The van der Waals surface area contributed by atoms with Crippen LogP contribution in [-0.4, -0.2) is 26.5 Å². The first-order valence-electron chi connectivity index (χ1n) is 5.43. The number of methoxy groups -OCH3 is 1. The van der Waals surface area contributed by atoms with E-state index in [0.717, 1.165) is 11.4 Å². The third-order valence-electron chi connectivity index (χ3n) is 2.53. The quantitative estimate of drug-likeness (QED) is 0.764. The van der Waals surface area contributed by atoms with Crippen LogP contribution in [0, 0.1) is 5.92 Å². The Labute approximate surface area is 97.0 Å². The zero-order valence-corrected chi connectivity index (χ0v) is 10.4. The SMILES string of the molecule is COc1ccccc1N(C)CC(=O)C(C)C. The van der Waals surface area contributed by atoms with E-state index in [0.29, 0.717) is 6.54 Å². The maximum absolute atomic E-state index is 11.6. The summed E-state index contributed by atoms with van der Waals surface area (Å²) >= 11 is 0. The molecule has 1 aromatic rings. The molecule has 0 aliphatic rings. The maximum atomic E-state index is 11.6. The summed E-state index contributed by atoms with van der Waals surface area (Å²) in [6.45, 7) is 4.24. The summed E-state index contributed by atoms with van der Waals surface area (Å²) in [5.41, 5.74) is 0.944. The molecule has 0 aliphatic carbocycles. The second-order valence-corrected chi connectivity index (χ2v) is 4.15. The molecule has 0 N–H and O–H groups in total. The van der Waals surface area contributed by atoms with Gasteiger partial charge in [-0.25, -0.2) is 0 Å². The van der Waals surface area contributed by atoms with Crippen molar-refractivity contribution in [3.63, 3.8) is 0 Å². The van der Waals surface area contributed by atoms with E-state index in [9.17, 15) is 4.79 Å². The Hall–Kier alpha value is -1.51. The number of ether oxygens (including phenoxy) is 1. The van der Waals surface area contributed by atoms with E-state index >= 15 is 0 Å². The molecule has 1 rings (SSSR count). The lowest BCUT2D eigenvalue weighted by molar-refractivity contribution is -0.120. The van der Waals surface area contributed by atoms with Crippen molar-refractivity contribution in [1.82, 2.24) is 0 Å². The fraction of sp³-hybridized carbons (Fsp3) is 0.462. The zero-order valence-electron chi connectivity index (χ0n) is 10.4. The van der Waals surface area contributed by atoms with Crippen molar-refractivity contribution >= 4 is 11.5 Å². The smallest absolute Gasteiger partial charge is 0.154 e. The van der Waals surface area contributed by atoms with Crippen LogP contribution in [0.1, 0.15) is 13.8 Å². The minimum Gasteiger partial charge on any atom is -0.495 e. The van der Waals surface area contributed by atoms with Crippen LogP contribution in [0.5, 0.6) is 5.75 Å². The number of rotatable bonds is 5. The summed E-state index contributed by atoms with van der Waals surface area (Å²) < 4.78 is 5.26. The van der Waals surface area contributed by atoms with Crippen LogP contribution in [0.3, 0.4) is 0 Å². The molecule has 0 fully saturated rings. The Kier molecular flexibility index (Phi) is 4.35. The lowest BCUT2D eigenvalue weighted by atomic mass is 10.1. The first-order chi connectivity index (χ1) is 7.56. The van der Waals surface area contributed by atoms with Gasteiger partial charge >= 0.3 is 0 Å². The minimum atomic E-state index is 0.0668. The fourth-order valence-electron chi connectivity index (χ4n) is 1.45.